The van der Waals surface area contributed by atoms with Crippen LogP contribution in [0.3, 0.4) is 0 Å². The van der Waals surface area contributed by atoms with Gasteiger partial charge in [-0.15, -0.1) is 4.90 Å². The monoisotopic (exact) mass is 761 g/mol. The normalized spacial score (nSPS) is 18.6. The molecule has 0 bridgehead atoms. The van der Waals surface area contributed by atoms with Crippen molar-refractivity contribution in [2.45, 2.75) is 144 Å². The number of nitrogens with zero attached hydrogens (tertiary/aromatic N) is 3. The summed E-state index contributed by atoms with van der Waals surface area (Å²) in [7, 11) is -4.41. The predicted molar refractivity (Wildman–Crippen MR) is 201 cm³/mol. The first-order chi connectivity index (χ1) is 24.0. The average molecular weight is 762 g/mol. The van der Waals surface area contributed by atoms with Crippen LogP contribution in [-0.4, -0.2) is 100 Å². The van der Waals surface area contributed by atoms with Crippen LogP contribution in [0, 0.1) is 0 Å². The standard InChI is InChI=1S/C37H56BN3O11S/c1-15-53(46,47)39-18-16-23(17-19-39)27-22-40(30(43)48-33(2,3)4)28-25(27)20-24(38-51-36(11,12)37(13,14)52-38)21-26(28)29(42)41(31(44)49-34(5,6)7)32(45)50-35(8,9)10/h20-23H,15-19H2,1-14H3. The summed E-state index contributed by atoms with van der Waals surface area (Å²) in [5.74, 6) is -1.38. The van der Waals surface area contributed by atoms with E-state index in [1.807, 2.05) is 27.7 Å². The van der Waals surface area contributed by atoms with E-state index in [4.69, 9.17) is 23.5 Å². The van der Waals surface area contributed by atoms with Gasteiger partial charge in [-0.05, 0) is 133 Å². The molecule has 0 radical (unpaired) electrons. The fraction of sp³-hybridized carbons (Fsp3) is 0.676. The predicted octanol–water partition coefficient (Wildman–Crippen LogP) is 6.57. The van der Waals surface area contributed by atoms with Crippen molar-refractivity contribution in [2.75, 3.05) is 18.8 Å². The molecule has 294 valence electrons. The molecule has 2 fully saturated rings. The van der Waals surface area contributed by atoms with Gasteiger partial charge in [0.1, 0.15) is 16.8 Å². The SMILES string of the molecule is CCS(=O)(=O)N1CCC(c2cn(C(=O)OC(C)(C)C)c3c(C(=O)N(C(=O)OC(C)(C)C)C(=O)OC(C)(C)C)cc(B4OC(C)(C)C(C)(C)O4)cc23)CC1. The molecule has 0 N–H and O–H groups in total. The van der Waals surface area contributed by atoms with Gasteiger partial charge >= 0.3 is 25.4 Å². The van der Waals surface area contributed by atoms with E-state index in [2.05, 4.69) is 0 Å². The van der Waals surface area contributed by atoms with Gasteiger partial charge in [0.25, 0.3) is 5.91 Å². The van der Waals surface area contributed by atoms with Crippen LogP contribution in [0.5, 0.6) is 0 Å². The van der Waals surface area contributed by atoms with Gasteiger partial charge in [0.2, 0.25) is 10.0 Å². The number of hydrogen-bond acceptors (Lipinski definition) is 11. The quantitative estimate of drug-likeness (QED) is 0.240. The molecular weight excluding hydrogens is 705 g/mol. The third kappa shape index (κ3) is 9.44. The second-order valence-corrected chi connectivity index (χ2v) is 19.9. The van der Waals surface area contributed by atoms with E-state index < -0.39 is 69.3 Å². The highest BCUT2D eigenvalue weighted by atomic mass is 32.2. The molecule has 2 aromatic rings. The van der Waals surface area contributed by atoms with Gasteiger partial charge in [-0.2, -0.15) is 0 Å². The summed E-state index contributed by atoms with van der Waals surface area (Å²) in [5, 5.41) is 0.441. The first-order valence-corrected chi connectivity index (χ1v) is 19.6. The number of carbonyl (C=O) groups is 4. The maximum absolute atomic E-state index is 14.9. The average Bonchev–Trinajstić information content (AvgIpc) is 3.47. The molecule has 3 heterocycles. The Morgan fingerprint density at radius 1 is 0.830 bits per heavy atom. The molecule has 0 atom stereocenters. The summed E-state index contributed by atoms with van der Waals surface area (Å²) in [6, 6.07) is 3.21. The van der Waals surface area contributed by atoms with Crippen molar-refractivity contribution in [3.05, 3.63) is 29.5 Å². The molecule has 1 aromatic carbocycles. The van der Waals surface area contributed by atoms with Crippen molar-refractivity contribution < 1.29 is 51.1 Å². The number of rotatable bonds is 5. The first kappa shape index (κ1) is 42.3. The molecule has 14 nitrogen and oxygen atoms in total. The number of ether oxygens (including phenoxy) is 3. The van der Waals surface area contributed by atoms with Crippen LogP contribution < -0.4 is 5.46 Å². The smallest absolute Gasteiger partial charge is 0.443 e. The van der Waals surface area contributed by atoms with E-state index in [0.717, 1.165) is 0 Å². The lowest BCUT2D eigenvalue weighted by Gasteiger charge is -2.32. The molecule has 3 amide bonds. The van der Waals surface area contributed by atoms with Crippen molar-refractivity contribution in [1.82, 2.24) is 13.8 Å². The summed E-state index contributed by atoms with van der Waals surface area (Å²) >= 11 is 0. The number of fused-ring (bicyclic) bond motifs is 1. The summed E-state index contributed by atoms with van der Waals surface area (Å²) in [5.41, 5.74) is -3.76. The van der Waals surface area contributed by atoms with E-state index in [-0.39, 0.29) is 35.8 Å². The number of carbonyl (C=O) groups excluding carboxylic acids is 4. The Morgan fingerprint density at radius 2 is 1.30 bits per heavy atom. The molecule has 53 heavy (non-hydrogen) atoms. The summed E-state index contributed by atoms with van der Waals surface area (Å²) in [6.07, 6.45) is -0.906. The molecule has 0 saturated carbocycles. The van der Waals surface area contributed by atoms with Crippen LogP contribution in [-0.2, 0) is 33.5 Å². The van der Waals surface area contributed by atoms with E-state index in [9.17, 15) is 27.6 Å². The van der Waals surface area contributed by atoms with Crippen LogP contribution in [0.4, 0.5) is 14.4 Å². The molecule has 4 rings (SSSR count). The highest BCUT2D eigenvalue weighted by Crippen LogP contribution is 2.40. The second-order valence-electron chi connectivity index (χ2n) is 17.7. The lowest BCUT2D eigenvalue weighted by Crippen LogP contribution is -2.47. The minimum atomic E-state index is -3.42. The Balaban J connectivity index is 2.03. The molecule has 0 aliphatic carbocycles. The maximum Gasteiger partial charge on any atom is 0.494 e. The number of amides is 3. The van der Waals surface area contributed by atoms with Crippen LogP contribution in [0.15, 0.2) is 18.3 Å². The number of piperidine rings is 1. The van der Waals surface area contributed by atoms with Gasteiger partial charge in [0.05, 0.1) is 28.0 Å². The topological polar surface area (TPSA) is 160 Å². The zero-order valence-electron chi connectivity index (χ0n) is 33.7. The molecule has 2 aliphatic rings. The number of benzene rings is 1. The van der Waals surface area contributed by atoms with Crippen molar-refractivity contribution >= 4 is 57.7 Å². The van der Waals surface area contributed by atoms with Crippen molar-refractivity contribution in [3.63, 3.8) is 0 Å². The van der Waals surface area contributed by atoms with Crippen LogP contribution in [0.1, 0.15) is 132 Å². The Labute approximate surface area is 313 Å². The third-order valence-corrected chi connectivity index (χ3v) is 11.2. The Kier molecular flexibility index (Phi) is 11.4. The van der Waals surface area contributed by atoms with Gasteiger partial charge in [-0.1, -0.05) is 6.07 Å². The summed E-state index contributed by atoms with van der Waals surface area (Å²) in [4.78, 5) is 56.6. The number of sulfonamides is 1. The van der Waals surface area contributed by atoms with Gasteiger partial charge < -0.3 is 23.5 Å². The van der Waals surface area contributed by atoms with Gasteiger partial charge in [0.15, 0.2) is 0 Å². The number of hydrogen-bond donors (Lipinski definition) is 0. The van der Waals surface area contributed by atoms with E-state index in [0.29, 0.717) is 34.2 Å². The lowest BCUT2D eigenvalue weighted by molar-refractivity contribution is 0.00397. The highest BCUT2D eigenvalue weighted by Gasteiger charge is 2.52. The zero-order valence-corrected chi connectivity index (χ0v) is 34.5. The fourth-order valence-electron chi connectivity index (χ4n) is 6.07. The van der Waals surface area contributed by atoms with Gasteiger partial charge in [-0.25, -0.2) is 27.1 Å². The molecular formula is C37H56BN3O11S. The lowest BCUT2D eigenvalue weighted by atomic mass is 9.76. The Bertz CT molecular complexity index is 1830. The van der Waals surface area contributed by atoms with E-state index in [1.165, 1.54) is 14.9 Å². The van der Waals surface area contributed by atoms with Crippen LogP contribution >= 0.6 is 0 Å². The summed E-state index contributed by atoms with van der Waals surface area (Å²) < 4.78 is 57.7. The van der Waals surface area contributed by atoms with Gasteiger partial charge in [0, 0.05) is 24.7 Å². The Hall–Kier alpha value is -3.47. The molecule has 2 aliphatic heterocycles. The van der Waals surface area contributed by atoms with Crippen LogP contribution in [0.2, 0.25) is 0 Å². The molecule has 1 aromatic heterocycles. The zero-order chi connectivity index (χ0) is 40.3. The van der Waals surface area contributed by atoms with E-state index >= 15 is 0 Å². The van der Waals surface area contributed by atoms with Crippen molar-refractivity contribution in [1.29, 1.82) is 0 Å². The minimum absolute atomic E-state index is 0.0235. The largest absolute Gasteiger partial charge is 0.494 e. The van der Waals surface area contributed by atoms with E-state index in [1.54, 1.807) is 81.5 Å². The number of aromatic nitrogens is 1. The molecule has 16 heteroatoms. The fourth-order valence-corrected chi connectivity index (χ4v) is 7.20. The van der Waals surface area contributed by atoms with Crippen LogP contribution in [0.25, 0.3) is 10.9 Å². The summed E-state index contributed by atoms with van der Waals surface area (Å²) in [6.45, 7) is 24.3. The van der Waals surface area contributed by atoms with Crippen molar-refractivity contribution in [2.24, 2.45) is 0 Å². The maximum atomic E-state index is 14.9. The third-order valence-electron chi connectivity index (χ3n) is 9.31. The molecule has 2 saturated heterocycles. The highest BCUT2D eigenvalue weighted by molar-refractivity contribution is 7.89. The van der Waals surface area contributed by atoms with Crippen molar-refractivity contribution in [3.8, 4) is 0 Å². The molecule has 0 spiro atoms. The molecule has 0 unspecified atom stereocenters. The first-order valence-electron chi connectivity index (χ1n) is 18.0. The second kappa shape index (κ2) is 14.3. The minimum Gasteiger partial charge on any atom is -0.443 e. The Morgan fingerprint density at radius 3 is 1.74 bits per heavy atom. The number of imide groups is 3. The van der Waals surface area contributed by atoms with Gasteiger partial charge in [-0.3, -0.25) is 9.36 Å².